The van der Waals surface area contributed by atoms with Crippen LogP contribution in [0.4, 0.5) is 0 Å². The number of hydrogen-bond acceptors (Lipinski definition) is 5. The van der Waals surface area contributed by atoms with E-state index >= 15 is 0 Å². The van der Waals surface area contributed by atoms with Crippen molar-refractivity contribution in [3.05, 3.63) is 29.3 Å². The molecule has 0 spiro atoms. The molecule has 1 rings (SSSR count). The SMILES string of the molecule is COCC(CO)NCc1ccc(OC)c(C#N)c1. The summed E-state index contributed by atoms with van der Waals surface area (Å²) < 4.78 is 10.0. The summed E-state index contributed by atoms with van der Waals surface area (Å²) in [6.45, 7) is 1.01. The molecule has 0 bridgehead atoms. The Bertz CT molecular complexity index is 415. The molecule has 1 unspecified atom stereocenters. The van der Waals surface area contributed by atoms with Gasteiger partial charge in [0.1, 0.15) is 11.8 Å². The summed E-state index contributed by atoms with van der Waals surface area (Å²) in [6, 6.07) is 7.40. The highest BCUT2D eigenvalue weighted by molar-refractivity contribution is 5.45. The third-order valence-electron chi connectivity index (χ3n) is 2.57. The zero-order valence-electron chi connectivity index (χ0n) is 10.6. The summed E-state index contributed by atoms with van der Waals surface area (Å²) in [5, 5.41) is 21.2. The maximum atomic E-state index is 9.10. The molecule has 0 aliphatic rings. The minimum absolute atomic E-state index is 0.00903. The molecular formula is C13H18N2O3. The zero-order chi connectivity index (χ0) is 13.4. The van der Waals surface area contributed by atoms with E-state index in [4.69, 9.17) is 19.8 Å². The lowest BCUT2D eigenvalue weighted by Gasteiger charge is -2.15. The number of ether oxygens (including phenoxy) is 2. The molecule has 5 nitrogen and oxygen atoms in total. The van der Waals surface area contributed by atoms with Crippen molar-refractivity contribution in [1.29, 1.82) is 5.26 Å². The first-order valence-corrected chi connectivity index (χ1v) is 5.65. The minimum atomic E-state index is -0.109. The summed E-state index contributed by atoms with van der Waals surface area (Å²) in [5.74, 6) is 0.567. The lowest BCUT2D eigenvalue weighted by atomic mass is 10.1. The van der Waals surface area contributed by atoms with Crippen molar-refractivity contribution in [1.82, 2.24) is 5.32 Å². The molecule has 0 heterocycles. The lowest BCUT2D eigenvalue weighted by molar-refractivity contribution is 0.128. The first kappa shape index (κ1) is 14.5. The molecule has 0 aliphatic heterocycles. The van der Waals surface area contributed by atoms with Crippen molar-refractivity contribution in [2.75, 3.05) is 27.4 Å². The van der Waals surface area contributed by atoms with Crippen LogP contribution >= 0.6 is 0 Å². The van der Waals surface area contributed by atoms with Gasteiger partial charge in [0.2, 0.25) is 0 Å². The Kier molecular flexibility index (Phi) is 6.15. The van der Waals surface area contributed by atoms with Gasteiger partial charge in [-0.05, 0) is 17.7 Å². The van der Waals surface area contributed by atoms with E-state index in [1.165, 1.54) is 7.11 Å². The smallest absolute Gasteiger partial charge is 0.136 e. The maximum absolute atomic E-state index is 9.10. The number of aliphatic hydroxyl groups is 1. The van der Waals surface area contributed by atoms with Crippen LogP contribution in [-0.2, 0) is 11.3 Å². The Morgan fingerprint density at radius 3 is 2.78 bits per heavy atom. The van der Waals surface area contributed by atoms with E-state index in [0.717, 1.165) is 5.56 Å². The molecule has 1 aromatic rings. The highest BCUT2D eigenvalue weighted by Crippen LogP contribution is 2.18. The van der Waals surface area contributed by atoms with Crippen LogP contribution in [0.25, 0.3) is 0 Å². The molecule has 0 aromatic heterocycles. The molecule has 0 amide bonds. The van der Waals surface area contributed by atoms with Crippen LogP contribution in [0.15, 0.2) is 18.2 Å². The predicted octanol–water partition coefficient (Wildman–Crippen LogP) is 0.664. The number of hydrogen-bond donors (Lipinski definition) is 2. The quantitative estimate of drug-likeness (QED) is 0.743. The van der Waals surface area contributed by atoms with Gasteiger partial charge in [0, 0.05) is 13.7 Å². The predicted molar refractivity (Wildman–Crippen MR) is 67.3 cm³/mol. The van der Waals surface area contributed by atoms with Crippen molar-refractivity contribution < 1.29 is 14.6 Å². The molecule has 0 radical (unpaired) electrons. The topological polar surface area (TPSA) is 74.5 Å². The number of nitriles is 1. The zero-order valence-corrected chi connectivity index (χ0v) is 10.6. The third kappa shape index (κ3) is 4.00. The highest BCUT2D eigenvalue weighted by atomic mass is 16.5. The van der Waals surface area contributed by atoms with E-state index in [1.54, 1.807) is 19.2 Å². The standard InChI is InChI=1S/C13H18N2O3/c1-17-9-12(8-16)15-7-10-3-4-13(18-2)11(5-10)6-14/h3-5,12,15-16H,7-9H2,1-2H3. The summed E-state index contributed by atoms with van der Waals surface area (Å²) >= 11 is 0. The van der Waals surface area contributed by atoms with E-state index in [9.17, 15) is 0 Å². The van der Waals surface area contributed by atoms with E-state index in [-0.39, 0.29) is 12.6 Å². The summed E-state index contributed by atoms with van der Waals surface area (Å²) in [5.41, 5.74) is 1.46. The number of nitrogens with one attached hydrogen (secondary N) is 1. The van der Waals surface area contributed by atoms with Gasteiger partial charge in [0.15, 0.2) is 0 Å². The molecule has 2 N–H and O–H groups in total. The van der Waals surface area contributed by atoms with Crippen LogP contribution in [0.2, 0.25) is 0 Å². The molecule has 0 saturated heterocycles. The first-order valence-electron chi connectivity index (χ1n) is 5.65. The fourth-order valence-corrected chi connectivity index (χ4v) is 1.59. The molecule has 1 aromatic carbocycles. The Morgan fingerprint density at radius 2 is 2.22 bits per heavy atom. The fraction of sp³-hybridized carbons (Fsp3) is 0.462. The van der Waals surface area contributed by atoms with Gasteiger partial charge < -0.3 is 19.9 Å². The van der Waals surface area contributed by atoms with Crippen LogP contribution < -0.4 is 10.1 Å². The monoisotopic (exact) mass is 250 g/mol. The number of rotatable bonds is 7. The van der Waals surface area contributed by atoms with Gasteiger partial charge in [-0.2, -0.15) is 5.26 Å². The first-order chi connectivity index (χ1) is 8.74. The van der Waals surface area contributed by atoms with Gasteiger partial charge in [-0.3, -0.25) is 0 Å². The van der Waals surface area contributed by atoms with Crippen molar-refractivity contribution in [2.45, 2.75) is 12.6 Å². The summed E-state index contributed by atoms with van der Waals surface area (Å²) in [4.78, 5) is 0. The minimum Gasteiger partial charge on any atom is -0.495 e. The second-order valence-corrected chi connectivity index (χ2v) is 3.86. The Morgan fingerprint density at radius 1 is 1.44 bits per heavy atom. The van der Waals surface area contributed by atoms with E-state index in [0.29, 0.717) is 24.5 Å². The highest BCUT2D eigenvalue weighted by Gasteiger charge is 2.07. The fourth-order valence-electron chi connectivity index (χ4n) is 1.59. The average molecular weight is 250 g/mol. The molecule has 0 aliphatic carbocycles. The van der Waals surface area contributed by atoms with Gasteiger partial charge in [-0.15, -0.1) is 0 Å². The Hall–Kier alpha value is -1.61. The molecule has 18 heavy (non-hydrogen) atoms. The van der Waals surface area contributed by atoms with E-state index < -0.39 is 0 Å². The van der Waals surface area contributed by atoms with Crippen molar-refractivity contribution in [3.8, 4) is 11.8 Å². The third-order valence-corrected chi connectivity index (χ3v) is 2.57. The normalized spacial score (nSPS) is 11.9. The van der Waals surface area contributed by atoms with Gasteiger partial charge >= 0.3 is 0 Å². The van der Waals surface area contributed by atoms with E-state index in [2.05, 4.69) is 11.4 Å². The van der Waals surface area contributed by atoms with Gasteiger partial charge in [0.05, 0.1) is 31.9 Å². The molecular weight excluding hydrogens is 232 g/mol. The van der Waals surface area contributed by atoms with Crippen molar-refractivity contribution in [3.63, 3.8) is 0 Å². The van der Waals surface area contributed by atoms with Crippen LogP contribution in [-0.4, -0.2) is 38.6 Å². The van der Waals surface area contributed by atoms with Crippen LogP contribution in [0, 0.1) is 11.3 Å². The Labute approximate surface area is 107 Å². The number of aliphatic hydroxyl groups excluding tert-OH is 1. The molecule has 5 heteroatoms. The van der Waals surface area contributed by atoms with Gasteiger partial charge in [-0.1, -0.05) is 6.07 Å². The molecule has 1 atom stereocenters. The number of nitrogens with zero attached hydrogens (tertiary/aromatic N) is 1. The second kappa shape index (κ2) is 7.67. The molecule has 98 valence electrons. The van der Waals surface area contributed by atoms with Gasteiger partial charge in [0.25, 0.3) is 0 Å². The van der Waals surface area contributed by atoms with Crippen molar-refractivity contribution in [2.24, 2.45) is 0 Å². The molecule has 0 fully saturated rings. The summed E-state index contributed by atoms with van der Waals surface area (Å²) in [6.07, 6.45) is 0. The average Bonchev–Trinajstić information content (AvgIpc) is 2.42. The second-order valence-electron chi connectivity index (χ2n) is 3.86. The number of methoxy groups -OCH3 is 2. The van der Waals surface area contributed by atoms with Crippen LogP contribution in [0.1, 0.15) is 11.1 Å². The maximum Gasteiger partial charge on any atom is 0.136 e. The lowest BCUT2D eigenvalue weighted by Crippen LogP contribution is -2.35. The summed E-state index contributed by atoms with van der Waals surface area (Å²) in [7, 11) is 3.12. The van der Waals surface area contributed by atoms with Crippen molar-refractivity contribution >= 4 is 0 Å². The van der Waals surface area contributed by atoms with Crippen LogP contribution in [0.5, 0.6) is 5.75 Å². The Balaban J connectivity index is 2.65. The number of benzene rings is 1. The van der Waals surface area contributed by atoms with Crippen LogP contribution in [0.3, 0.4) is 0 Å². The molecule has 0 saturated carbocycles. The van der Waals surface area contributed by atoms with E-state index in [1.807, 2.05) is 6.07 Å². The van der Waals surface area contributed by atoms with Gasteiger partial charge in [-0.25, -0.2) is 0 Å². The largest absolute Gasteiger partial charge is 0.495 e.